The maximum atomic E-state index is 13.2. The molecule has 3 atom stereocenters. The Kier molecular flexibility index (Phi) is 5.03. The topological polar surface area (TPSA) is 78.5 Å². The van der Waals surface area contributed by atoms with Gasteiger partial charge in [0.25, 0.3) is 5.91 Å². The molecule has 2 N–H and O–H groups in total. The third-order valence-corrected chi connectivity index (χ3v) is 6.36. The summed E-state index contributed by atoms with van der Waals surface area (Å²) in [6.45, 7) is 3.58. The number of nitrogens with zero attached hydrogens (tertiary/aromatic N) is 1. The van der Waals surface area contributed by atoms with Crippen molar-refractivity contribution in [2.75, 3.05) is 6.54 Å². The van der Waals surface area contributed by atoms with Crippen LogP contribution in [0.3, 0.4) is 0 Å². The van der Waals surface area contributed by atoms with Crippen LogP contribution in [0.4, 0.5) is 4.79 Å². The molecule has 0 spiro atoms. The first kappa shape index (κ1) is 19.4. The summed E-state index contributed by atoms with van der Waals surface area (Å²) in [7, 11) is 0. The molecule has 0 bridgehead atoms. The summed E-state index contributed by atoms with van der Waals surface area (Å²) in [4.78, 5) is 39.5. The Morgan fingerprint density at radius 3 is 2.66 bits per heavy atom. The predicted octanol–water partition coefficient (Wildman–Crippen LogP) is 3.30. The van der Waals surface area contributed by atoms with Gasteiger partial charge in [-0.3, -0.25) is 14.5 Å². The maximum absolute atomic E-state index is 13.2. The van der Waals surface area contributed by atoms with Crippen LogP contribution in [0.5, 0.6) is 0 Å². The summed E-state index contributed by atoms with van der Waals surface area (Å²) in [5.74, 6) is -0.267. The third kappa shape index (κ3) is 3.48. The Labute approximate surface area is 170 Å². The van der Waals surface area contributed by atoms with Crippen LogP contribution in [0, 0.1) is 5.92 Å². The lowest BCUT2D eigenvalue weighted by molar-refractivity contribution is -0.135. The van der Waals surface area contributed by atoms with Gasteiger partial charge in [0.1, 0.15) is 12.1 Å². The molecule has 4 rings (SSSR count). The Morgan fingerprint density at radius 1 is 1.14 bits per heavy atom. The molecule has 6 nitrogen and oxygen atoms in total. The van der Waals surface area contributed by atoms with E-state index in [0.29, 0.717) is 5.92 Å². The minimum atomic E-state index is -1.20. The first-order chi connectivity index (χ1) is 13.9. The first-order valence-corrected chi connectivity index (χ1v) is 10.3. The lowest BCUT2D eigenvalue weighted by Crippen LogP contribution is -2.47. The van der Waals surface area contributed by atoms with Gasteiger partial charge in [0, 0.05) is 6.04 Å². The van der Waals surface area contributed by atoms with Gasteiger partial charge in [-0.05, 0) is 42.0 Å². The number of rotatable bonds is 4. The summed E-state index contributed by atoms with van der Waals surface area (Å²) < 4.78 is 0. The summed E-state index contributed by atoms with van der Waals surface area (Å²) in [5.41, 5.74) is -0.464. The molecule has 0 unspecified atom stereocenters. The average Bonchev–Trinajstić information content (AvgIpc) is 2.93. The average molecular weight is 393 g/mol. The van der Waals surface area contributed by atoms with E-state index >= 15 is 0 Å². The van der Waals surface area contributed by atoms with Crippen LogP contribution in [0.25, 0.3) is 10.8 Å². The minimum Gasteiger partial charge on any atom is -0.352 e. The van der Waals surface area contributed by atoms with E-state index in [9.17, 15) is 14.4 Å². The number of carbonyl (C=O) groups excluding carboxylic acids is 3. The molecule has 0 aromatic heterocycles. The van der Waals surface area contributed by atoms with E-state index in [1.807, 2.05) is 42.5 Å². The molecule has 1 heterocycles. The normalized spacial score (nSPS) is 27.2. The highest BCUT2D eigenvalue weighted by Gasteiger charge is 2.50. The van der Waals surface area contributed by atoms with Crippen molar-refractivity contribution in [1.29, 1.82) is 0 Å². The maximum Gasteiger partial charge on any atom is 0.325 e. The summed E-state index contributed by atoms with van der Waals surface area (Å²) in [6, 6.07) is 13.0. The smallest absolute Gasteiger partial charge is 0.325 e. The van der Waals surface area contributed by atoms with Crippen molar-refractivity contribution < 1.29 is 14.4 Å². The molecule has 1 aliphatic heterocycles. The Balaban J connectivity index is 1.54. The number of hydrogen-bond donors (Lipinski definition) is 2. The first-order valence-electron chi connectivity index (χ1n) is 10.3. The number of benzene rings is 2. The molecule has 2 aromatic rings. The molecule has 29 heavy (non-hydrogen) atoms. The van der Waals surface area contributed by atoms with E-state index in [2.05, 4.69) is 17.6 Å². The highest BCUT2D eigenvalue weighted by Crippen LogP contribution is 2.33. The predicted molar refractivity (Wildman–Crippen MR) is 111 cm³/mol. The number of fused-ring (bicyclic) bond motifs is 1. The highest BCUT2D eigenvalue weighted by molar-refractivity contribution is 6.10. The molecule has 1 aliphatic carbocycles. The van der Waals surface area contributed by atoms with Crippen LogP contribution in [-0.4, -0.2) is 35.3 Å². The SMILES string of the molecule is C[C@@H]1CCCC[C@@H]1NC(=O)CN1C(=O)N[C@](C)(c2cccc3ccccc23)C1=O. The second kappa shape index (κ2) is 7.50. The molecule has 0 radical (unpaired) electrons. The van der Waals surface area contributed by atoms with E-state index in [0.717, 1.165) is 40.5 Å². The van der Waals surface area contributed by atoms with Crippen molar-refractivity contribution >= 4 is 28.6 Å². The van der Waals surface area contributed by atoms with Gasteiger partial charge in [0.2, 0.25) is 5.91 Å². The third-order valence-electron chi connectivity index (χ3n) is 6.36. The zero-order valence-electron chi connectivity index (χ0n) is 16.9. The molecule has 1 saturated heterocycles. The van der Waals surface area contributed by atoms with Crippen LogP contribution >= 0.6 is 0 Å². The van der Waals surface area contributed by atoms with Crippen molar-refractivity contribution in [3.63, 3.8) is 0 Å². The summed E-state index contributed by atoms with van der Waals surface area (Å²) in [6.07, 6.45) is 4.31. The van der Waals surface area contributed by atoms with Crippen LogP contribution < -0.4 is 10.6 Å². The van der Waals surface area contributed by atoms with Gasteiger partial charge in [0.15, 0.2) is 0 Å². The standard InChI is InChI=1S/C23H27N3O3/c1-15-8-3-6-13-19(15)24-20(27)14-26-21(28)23(2,25-22(26)29)18-12-7-10-16-9-4-5-11-17(16)18/h4-5,7,9-12,15,19H,3,6,8,13-14H2,1-2H3,(H,24,27)(H,25,29)/t15-,19+,23-/m1/s1. The van der Waals surface area contributed by atoms with Crippen molar-refractivity contribution in [2.45, 2.75) is 51.1 Å². The fourth-order valence-electron chi connectivity index (χ4n) is 4.61. The Hall–Kier alpha value is -2.89. The van der Waals surface area contributed by atoms with Crippen LogP contribution in [0.2, 0.25) is 0 Å². The van der Waals surface area contributed by atoms with Crippen LogP contribution in [0.1, 0.15) is 45.1 Å². The second-order valence-corrected chi connectivity index (χ2v) is 8.41. The van der Waals surface area contributed by atoms with E-state index < -0.39 is 17.5 Å². The Morgan fingerprint density at radius 2 is 1.86 bits per heavy atom. The van der Waals surface area contributed by atoms with Gasteiger partial charge in [0.05, 0.1) is 0 Å². The zero-order valence-corrected chi connectivity index (χ0v) is 16.9. The van der Waals surface area contributed by atoms with Gasteiger partial charge in [-0.25, -0.2) is 4.79 Å². The number of imide groups is 1. The lowest BCUT2D eigenvalue weighted by Gasteiger charge is -2.30. The van der Waals surface area contributed by atoms with Crippen LogP contribution in [0.15, 0.2) is 42.5 Å². The van der Waals surface area contributed by atoms with E-state index in [-0.39, 0.29) is 18.5 Å². The van der Waals surface area contributed by atoms with E-state index in [1.165, 1.54) is 6.42 Å². The molecule has 2 aromatic carbocycles. The van der Waals surface area contributed by atoms with Gasteiger partial charge in [-0.1, -0.05) is 62.2 Å². The van der Waals surface area contributed by atoms with E-state index in [1.54, 1.807) is 6.92 Å². The molecule has 4 amide bonds. The molecule has 1 saturated carbocycles. The monoisotopic (exact) mass is 393 g/mol. The molecular weight excluding hydrogens is 366 g/mol. The van der Waals surface area contributed by atoms with E-state index in [4.69, 9.17) is 0 Å². The summed E-state index contributed by atoms with van der Waals surface area (Å²) in [5, 5.41) is 7.74. The minimum absolute atomic E-state index is 0.112. The van der Waals surface area contributed by atoms with Gasteiger partial charge < -0.3 is 10.6 Å². The number of carbonyl (C=O) groups is 3. The van der Waals surface area contributed by atoms with Crippen molar-refractivity contribution in [1.82, 2.24) is 15.5 Å². The van der Waals surface area contributed by atoms with Crippen LogP contribution in [-0.2, 0) is 15.1 Å². The lowest BCUT2D eigenvalue weighted by atomic mass is 9.86. The highest BCUT2D eigenvalue weighted by atomic mass is 16.2. The number of nitrogens with one attached hydrogen (secondary N) is 2. The quantitative estimate of drug-likeness (QED) is 0.783. The second-order valence-electron chi connectivity index (χ2n) is 8.41. The van der Waals surface area contributed by atoms with Gasteiger partial charge in [-0.15, -0.1) is 0 Å². The Bertz CT molecular complexity index is 967. The summed E-state index contributed by atoms with van der Waals surface area (Å²) >= 11 is 0. The number of hydrogen-bond acceptors (Lipinski definition) is 3. The number of amides is 4. The van der Waals surface area contributed by atoms with Crippen molar-refractivity contribution in [3.8, 4) is 0 Å². The van der Waals surface area contributed by atoms with Gasteiger partial charge in [-0.2, -0.15) is 0 Å². The molecule has 6 heteroatoms. The largest absolute Gasteiger partial charge is 0.352 e. The van der Waals surface area contributed by atoms with Crippen molar-refractivity contribution in [3.05, 3.63) is 48.0 Å². The van der Waals surface area contributed by atoms with Gasteiger partial charge >= 0.3 is 6.03 Å². The van der Waals surface area contributed by atoms with Crippen molar-refractivity contribution in [2.24, 2.45) is 5.92 Å². The zero-order chi connectivity index (χ0) is 20.6. The fourth-order valence-corrected chi connectivity index (χ4v) is 4.61. The molecular formula is C23H27N3O3. The molecule has 2 fully saturated rings. The fraction of sp³-hybridized carbons (Fsp3) is 0.435. The molecule has 2 aliphatic rings. The molecule has 152 valence electrons. The number of urea groups is 1.